The van der Waals surface area contributed by atoms with E-state index in [0.717, 1.165) is 18.4 Å². The molecule has 0 aliphatic carbocycles. The van der Waals surface area contributed by atoms with Gasteiger partial charge in [0, 0.05) is 18.7 Å². The van der Waals surface area contributed by atoms with Gasteiger partial charge in [-0.2, -0.15) is 0 Å². The summed E-state index contributed by atoms with van der Waals surface area (Å²) in [4.78, 5) is 27.8. The molecule has 0 saturated carbocycles. The van der Waals surface area contributed by atoms with Crippen molar-refractivity contribution >= 4 is 17.4 Å². The number of nitrogens with zero attached hydrogens (tertiary/aromatic N) is 1. The van der Waals surface area contributed by atoms with Gasteiger partial charge in [0.2, 0.25) is 0 Å². The molecule has 0 spiro atoms. The first-order valence-electron chi connectivity index (χ1n) is 11.8. The van der Waals surface area contributed by atoms with E-state index in [2.05, 4.69) is 0 Å². The third kappa shape index (κ3) is 4.94. The second-order valence-corrected chi connectivity index (χ2v) is 8.78. The summed E-state index contributed by atoms with van der Waals surface area (Å²) in [6, 6.07) is 13.4. The van der Waals surface area contributed by atoms with Crippen LogP contribution in [-0.4, -0.2) is 53.7 Å². The predicted octanol–water partition coefficient (Wildman–Crippen LogP) is 4.47. The first-order chi connectivity index (χ1) is 16.4. The van der Waals surface area contributed by atoms with Crippen molar-refractivity contribution in [3.8, 4) is 11.5 Å². The Kier molecular flexibility index (Phi) is 7.22. The number of hydrogen-bond acceptors (Lipinski definition) is 6. The minimum Gasteiger partial charge on any atom is -0.507 e. The summed E-state index contributed by atoms with van der Waals surface area (Å²) < 4.78 is 17.0. The second kappa shape index (κ2) is 10.3. The van der Waals surface area contributed by atoms with Gasteiger partial charge in [0.15, 0.2) is 0 Å². The third-order valence-electron chi connectivity index (χ3n) is 5.97. The van der Waals surface area contributed by atoms with Gasteiger partial charge in [-0.25, -0.2) is 0 Å². The number of ether oxygens (including phenoxy) is 3. The molecule has 2 fully saturated rings. The van der Waals surface area contributed by atoms with Crippen LogP contribution in [0.4, 0.5) is 0 Å². The Morgan fingerprint density at radius 2 is 1.76 bits per heavy atom. The van der Waals surface area contributed by atoms with E-state index in [1.807, 2.05) is 45.0 Å². The van der Waals surface area contributed by atoms with Crippen molar-refractivity contribution in [1.29, 1.82) is 0 Å². The molecule has 1 N–H and O–H groups in total. The van der Waals surface area contributed by atoms with Crippen molar-refractivity contribution in [1.82, 2.24) is 4.90 Å². The Morgan fingerprint density at radius 3 is 2.35 bits per heavy atom. The van der Waals surface area contributed by atoms with Gasteiger partial charge in [0.1, 0.15) is 17.3 Å². The first kappa shape index (κ1) is 23.8. The van der Waals surface area contributed by atoms with Gasteiger partial charge in [-0.3, -0.25) is 9.59 Å². The summed E-state index contributed by atoms with van der Waals surface area (Å²) >= 11 is 0. The minimum atomic E-state index is -0.716. The van der Waals surface area contributed by atoms with Gasteiger partial charge in [0.05, 0.1) is 30.4 Å². The zero-order valence-electron chi connectivity index (χ0n) is 19.8. The minimum absolute atomic E-state index is 0.0160. The summed E-state index contributed by atoms with van der Waals surface area (Å²) in [5, 5.41) is 11.2. The lowest BCUT2D eigenvalue weighted by atomic mass is 9.95. The van der Waals surface area contributed by atoms with Gasteiger partial charge in [0.25, 0.3) is 11.7 Å². The van der Waals surface area contributed by atoms with Crippen molar-refractivity contribution in [3.05, 3.63) is 65.2 Å². The van der Waals surface area contributed by atoms with Crippen LogP contribution in [-0.2, 0) is 14.3 Å². The van der Waals surface area contributed by atoms with Crippen LogP contribution in [0, 0.1) is 0 Å². The average molecular weight is 466 g/mol. The molecule has 2 unspecified atom stereocenters. The van der Waals surface area contributed by atoms with Crippen LogP contribution in [0.1, 0.15) is 50.8 Å². The fourth-order valence-corrected chi connectivity index (χ4v) is 4.45. The maximum absolute atomic E-state index is 13.2. The summed E-state index contributed by atoms with van der Waals surface area (Å²) in [5.74, 6) is -0.174. The van der Waals surface area contributed by atoms with Crippen LogP contribution in [0.2, 0.25) is 0 Å². The standard InChI is InChI=1S/C27H31NO6/c1-4-32-20-11-7-18(8-12-20)24-23(25(29)19-9-13-21(14-10-19)34-17(2)3)26(30)27(31)28(24)16-22-6-5-15-33-22/h7-14,17,22,24,29H,4-6,15-16H2,1-3H3/b25-23-. The molecule has 2 aliphatic rings. The Morgan fingerprint density at radius 1 is 1.09 bits per heavy atom. The van der Waals surface area contributed by atoms with Crippen LogP contribution in [0.15, 0.2) is 54.1 Å². The van der Waals surface area contributed by atoms with E-state index >= 15 is 0 Å². The van der Waals surface area contributed by atoms with Crippen LogP contribution in [0.5, 0.6) is 11.5 Å². The van der Waals surface area contributed by atoms with Crippen molar-refractivity contribution in [3.63, 3.8) is 0 Å². The molecular formula is C27H31NO6. The molecule has 180 valence electrons. The maximum atomic E-state index is 13.2. The quantitative estimate of drug-likeness (QED) is 0.352. The highest BCUT2D eigenvalue weighted by Crippen LogP contribution is 2.40. The smallest absolute Gasteiger partial charge is 0.295 e. The summed E-state index contributed by atoms with van der Waals surface area (Å²) in [7, 11) is 0. The van der Waals surface area contributed by atoms with Crippen molar-refractivity contribution < 1.29 is 28.9 Å². The number of rotatable bonds is 8. The van der Waals surface area contributed by atoms with E-state index < -0.39 is 17.7 Å². The Labute approximate surface area is 199 Å². The molecule has 2 atom stereocenters. The van der Waals surface area contributed by atoms with Crippen molar-refractivity contribution in [2.45, 2.75) is 51.9 Å². The lowest BCUT2D eigenvalue weighted by molar-refractivity contribution is -0.140. The zero-order chi connectivity index (χ0) is 24.2. The molecule has 2 aromatic rings. The highest BCUT2D eigenvalue weighted by Gasteiger charge is 2.47. The van der Waals surface area contributed by atoms with Crippen LogP contribution < -0.4 is 9.47 Å². The summed E-state index contributed by atoms with van der Waals surface area (Å²) in [5.41, 5.74) is 1.24. The normalized spacial score (nSPS) is 21.9. The SMILES string of the molecule is CCOc1ccc(C2/C(=C(/O)c3ccc(OC(C)C)cc3)C(=O)C(=O)N2CC2CCCO2)cc1. The predicted molar refractivity (Wildman–Crippen MR) is 128 cm³/mol. The van der Waals surface area contributed by atoms with E-state index in [1.165, 1.54) is 4.90 Å². The Hall–Kier alpha value is -3.32. The number of benzene rings is 2. The first-order valence-corrected chi connectivity index (χ1v) is 11.8. The fourth-order valence-electron chi connectivity index (χ4n) is 4.45. The number of Topliss-reactive ketones (excluding diaryl/α,β-unsaturated/α-hetero) is 1. The molecule has 34 heavy (non-hydrogen) atoms. The topological polar surface area (TPSA) is 85.3 Å². The van der Waals surface area contributed by atoms with E-state index in [0.29, 0.717) is 36.8 Å². The fraction of sp³-hybridized carbons (Fsp3) is 0.407. The van der Waals surface area contributed by atoms with E-state index in [1.54, 1.807) is 24.3 Å². The molecule has 2 heterocycles. The van der Waals surface area contributed by atoms with Gasteiger partial charge in [-0.15, -0.1) is 0 Å². The molecule has 4 rings (SSSR count). The molecule has 2 saturated heterocycles. The Bertz CT molecular complexity index is 1050. The summed E-state index contributed by atoms with van der Waals surface area (Å²) in [6.07, 6.45) is 1.64. The van der Waals surface area contributed by atoms with Crippen LogP contribution >= 0.6 is 0 Å². The molecule has 7 heteroatoms. The molecule has 0 bridgehead atoms. The molecular weight excluding hydrogens is 434 g/mol. The maximum Gasteiger partial charge on any atom is 0.295 e. The number of likely N-dealkylation sites (tertiary alicyclic amines) is 1. The number of aliphatic hydroxyl groups is 1. The molecule has 1 amide bonds. The van der Waals surface area contributed by atoms with E-state index in [4.69, 9.17) is 14.2 Å². The largest absolute Gasteiger partial charge is 0.507 e. The number of hydrogen-bond donors (Lipinski definition) is 1. The molecule has 7 nitrogen and oxygen atoms in total. The van der Waals surface area contributed by atoms with Gasteiger partial charge < -0.3 is 24.2 Å². The van der Waals surface area contributed by atoms with Crippen LogP contribution in [0.3, 0.4) is 0 Å². The molecule has 2 aliphatic heterocycles. The molecule has 0 radical (unpaired) electrons. The molecule has 0 aromatic heterocycles. The highest BCUT2D eigenvalue weighted by molar-refractivity contribution is 6.46. The van der Waals surface area contributed by atoms with Crippen molar-refractivity contribution in [2.75, 3.05) is 19.8 Å². The summed E-state index contributed by atoms with van der Waals surface area (Å²) in [6.45, 7) is 7.24. The third-order valence-corrected chi connectivity index (χ3v) is 5.97. The van der Waals surface area contributed by atoms with E-state index in [9.17, 15) is 14.7 Å². The monoisotopic (exact) mass is 465 g/mol. The number of carbonyl (C=O) groups excluding carboxylic acids is 2. The zero-order valence-corrected chi connectivity index (χ0v) is 19.8. The molecule has 2 aromatic carbocycles. The lowest BCUT2D eigenvalue weighted by Gasteiger charge is -2.27. The number of carbonyl (C=O) groups is 2. The average Bonchev–Trinajstić information content (AvgIpc) is 3.42. The van der Waals surface area contributed by atoms with Crippen LogP contribution in [0.25, 0.3) is 5.76 Å². The van der Waals surface area contributed by atoms with Gasteiger partial charge in [-0.05, 0) is 75.6 Å². The number of amides is 1. The number of ketones is 1. The second-order valence-electron chi connectivity index (χ2n) is 8.78. The highest BCUT2D eigenvalue weighted by atomic mass is 16.5. The lowest BCUT2D eigenvalue weighted by Crippen LogP contribution is -2.36. The van der Waals surface area contributed by atoms with E-state index in [-0.39, 0.29) is 23.5 Å². The van der Waals surface area contributed by atoms with Crippen molar-refractivity contribution in [2.24, 2.45) is 0 Å². The van der Waals surface area contributed by atoms with Gasteiger partial charge in [-0.1, -0.05) is 12.1 Å². The van der Waals surface area contributed by atoms with Gasteiger partial charge >= 0.3 is 0 Å². The number of aliphatic hydroxyl groups excluding tert-OH is 1. The Balaban J connectivity index is 1.74.